The van der Waals surface area contributed by atoms with Gasteiger partial charge in [-0.05, 0) is 26.0 Å². The van der Waals surface area contributed by atoms with E-state index in [1.54, 1.807) is 14.0 Å². The van der Waals surface area contributed by atoms with Crippen molar-refractivity contribution in [2.24, 2.45) is 0 Å². The molecular formula is C13H15NO2S. The van der Waals surface area contributed by atoms with Gasteiger partial charge in [-0.15, -0.1) is 11.3 Å². The van der Waals surface area contributed by atoms with Crippen LogP contribution in [0.1, 0.15) is 22.9 Å². The van der Waals surface area contributed by atoms with Crippen LogP contribution in [-0.2, 0) is 0 Å². The van der Waals surface area contributed by atoms with Gasteiger partial charge in [0, 0.05) is 10.4 Å². The minimum Gasteiger partial charge on any atom is -0.496 e. The van der Waals surface area contributed by atoms with E-state index in [4.69, 9.17) is 4.74 Å². The molecule has 0 spiro atoms. The Morgan fingerprint density at radius 2 is 2.06 bits per heavy atom. The van der Waals surface area contributed by atoms with Crippen molar-refractivity contribution in [3.05, 3.63) is 34.2 Å². The van der Waals surface area contributed by atoms with Crippen LogP contribution >= 0.6 is 11.3 Å². The highest BCUT2D eigenvalue weighted by molar-refractivity contribution is 7.12. The first-order valence-corrected chi connectivity index (χ1v) is 6.24. The standard InChI is InChI=1S/C13H15NO2S/c1-8(15)13-14-12(9(2)17-13)10-6-4-5-7-11(10)16-3/h4-8,15H,1-3H3. The molecule has 1 N–H and O–H groups in total. The fourth-order valence-corrected chi connectivity index (χ4v) is 2.56. The van der Waals surface area contributed by atoms with Crippen molar-refractivity contribution in [1.29, 1.82) is 0 Å². The molecule has 17 heavy (non-hydrogen) atoms. The van der Waals surface area contributed by atoms with Gasteiger partial charge in [0.25, 0.3) is 0 Å². The van der Waals surface area contributed by atoms with Crippen LogP contribution in [0, 0.1) is 6.92 Å². The molecule has 1 atom stereocenters. The smallest absolute Gasteiger partial charge is 0.128 e. The van der Waals surface area contributed by atoms with Crippen molar-refractivity contribution < 1.29 is 9.84 Å². The van der Waals surface area contributed by atoms with Crippen LogP contribution < -0.4 is 4.74 Å². The first-order chi connectivity index (χ1) is 8.13. The summed E-state index contributed by atoms with van der Waals surface area (Å²) in [5.41, 5.74) is 1.86. The monoisotopic (exact) mass is 249 g/mol. The van der Waals surface area contributed by atoms with E-state index in [0.717, 1.165) is 26.9 Å². The van der Waals surface area contributed by atoms with Gasteiger partial charge in [0.1, 0.15) is 16.9 Å². The van der Waals surface area contributed by atoms with Crippen molar-refractivity contribution in [2.45, 2.75) is 20.0 Å². The Balaban J connectivity index is 2.52. The average molecular weight is 249 g/mol. The zero-order valence-corrected chi connectivity index (χ0v) is 10.9. The van der Waals surface area contributed by atoms with Crippen LogP contribution in [0.5, 0.6) is 5.75 Å². The van der Waals surface area contributed by atoms with Gasteiger partial charge in [-0.3, -0.25) is 0 Å². The Morgan fingerprint density at radius 3 is 2.65 bits per heavy atom. The van der Waals surface area contributed by atoms with Crippen LogP contribution in [-0.4, -0.2) is 17.2 Å². The van der Waals surface area contributed by atoms with E-state index < -0.39 is 6.10 Å². The lowest BCUT2D eigenvalue weighted by molar-refractivity contribution is 0.199. The normalized spacial score (nSPS) is 12.5. The second-order valence-electron chi connectivity index (χ2n) is 3.83. The van der Waals surface area contributed by atoms with Crippen LogP contribution in [0.3, 0.4) is 0 Å². The number of aliphatic hydroxyl groups is 1. The first kappa shape index (κ1) is 12.1. The van der Waals surface area contributed by atoms with Gasteiger partial charge in [-0.2, -0.15) is 0 Å². The summed E-state index contributed by atoms with van der Waals surface area (Å²) in [4.78, 5) is 5.56. The molecule has 0 aliphatic carbocycles. The maximum absolute atomic E-state index is 9.55. The highest BCUT2D eigenvalue weighted by atomic mass is 32.1. The largest absolute Gasteiger partial charge is 0.496 e. The number of para-hydroxylation sites is 1. The molecule has 1 unspecified atom stereocenters. The molecule has 1 aromatic carbocycles. The Bertz CT molecular complexity index is 520. The summed E-state index contributed by atoms with van der Waals surface area (Å²) in [5, 5.41) is 10.3. The molecule has 1 heterocycles. The zero-order valence-electron chi connectivity index (χ0n) is 10.1. The Labute approximate surface area is 105 Å². The SMILES string of the molecule is COc1ccccc1-c1nc(C(C)O)sc1C. The summed E-state index contributed by atoms with van der Waals surface area (Å²) in [7, 11) is 1.65. The summed E-state index contributed by atoms with van der Waals surface area (Å²) < 4.78 is 5.33. The van der Waals surface area contributed by atoms with E-state index in [0.29, 0.717) is 0 Å². The molecule has 2 aromatic rings. The van der Waals surface area contributed by atoms with E-state index in [-0.39, 0.29) is 0 Å². The van der Waals surface area contributed by atoms with E-state index >= 15 is 0 Å². The minimum absolute atomic E-state index is 0.526. The lowest BCUT2D eigenvalue weighted by atomic mass is 10.1. The van der Waals surface area contributed by atoms with Crippen molar-refractivity contribution in [3.63, 3.8) is 0 Å². The second-order valence-corrected chi connectivity index (χ2v) is 5.07. The predicted molar refractivity (Wildman–Crippen MR) is 69.5 cm³/mol. The Kier molecular flexibility index (Phi) is 3.45. The predicted octanol–water partition coefficient (Wildman–Crippen LogP) is 3.18. The molecule has 4 heteroatoms. The van der Waals surface area contributed by atoms with Crippen LogP contribution in [0.4, 0.5) is 0 Å². The Morgan fingerprint density at radius 1 is 1.35 bits per heavy atom. The molecule has 0 saturated carbocycles. The lowest BCUT2D eigenvalue weighted by Crippen LogP contribution is -1.91. The van der Waals surface area contributed by atoms with E-state index in [2.05, 4.69) is 4.98 Å². The number of rotatable bonds is 3. The lowest BCUT2D eigenvalue weighted by Gasteiger charge is -2.06. The first-order valence-electron chi connectivity index (χ1n) is 5.42. The molecule has 1 aromatic heterocycles. The summed E-state index contributed by atoms with van der Waals surface area (Å²) in [6.07, 6.45) is -0.526. The molecule has 2 rings (SSSR count). The molecule has 0 bridgehead atoms. The van der Waals surface area contributed by atoms with E-state index in [9.17, 15) is 5.11 Å². The van der Waals surface area contributed by atoms with Crippen molar-refractivity contribution in [3.8, 4) is 17.0 Å². The summed E-state index contributed by atoms with van der Waals surface area (Å²) in [5.74, 6) is 0.804. The Hall–Kier alpha value is -1.39. The van der Waals surface area contributed by atoms with E-state index in [1.165, 1.54) is 11.3 Å². The summed E-state index contributed by atoms with van der Waals surface area (Å²) in [6, 6.07) is 7.78. The maximum atomic E-state index is 9.55. The number of benzene rings is 1. The zero-order chi connectivity index (χ0) is 12.4. The van der Waals surface area contributed by atoms with Crippen LogP contribution in [0.2, 0.25) is 0 Å². The molecule has 0 amide bonds. The van der Waals surface area contributed by atoms with E-state index in [1.807, 2.05) is 31.2 Å². The fourth-order valence-electron chi connectivity index (χ4n) is 1.69. The van der Waals surface area contributed by atoms with Gasteiger partial charge in [-0.25, -0.2) is 4.98 Å². The average Bonchev–Trinajstić information content (AvgIpc) is 2.71. The number of aromatic nitrogens is 1. The topological polar surface area (TPSA) is 42.4 Å². The molecule has 0 radical (unpaired) electrons. The molecule has 90 valence electrons. The number of nitrogens with zero attached hydrogens (tertiary/aromatic N) is 1. The fraction of sp³-hybridized carbons (Fsp3) is 0.308. The summed E-state index contributed by atoms with van der Waals surface area (Å²) >= 11 is 1.52. The number of ether oxygens (including phenoxy) is 1. The molecule has 3 nitrogen and oxygen atoms in total. The number of hydrogen-bond donors (Lipinski definition) is 1. The highest BCUT2D eigenvalue weighted by Crippen LogP contribution is 2.35. The van der Waals surface area contributed by atoms with Gasteiger partial charge in [0.2, 0.25) is 0 Å². The molecule has 0 fully saturated rings. The van der Waals surface area contributed by atoms with Gasteiger partial charge in [0.15, 0.2) is 0 Å². The number of methoxy groups -OCH3 is 1. The third kappa shape index (κ3) is 2.33. The van der Waals surface area contributed by atoms with Crippen molar-refractivity contribution in [2.75, 3.05) is 7.11 Å². The van der Waals surface area contributed by atoms with Gasteiger partial charge in [0.05, 0.1) is 12.8 Å². The highest BCUT2D eigenvalue weighted by Gasteiger charge is 2.15. The second kappa shape index (κ2) is 4.85. The third-order valence-electron chi connectivity index (χ3n) is 2.53. The quantitative estimate of drug-likeness (QED) is 0.908. The minimum atomic E-state index is -0.526. The van der Waals surface area contributed by atoms with Crippen molar-refractivity contribution in [1.82, 2.24) is 4.98 Å². The van der Waals surface area contributed by atoms with Gasteiger partial charge < -0.3 is 9.84 Å². The van der Waals surface area contributed by atoms with Crippen molar-refractivity contribution >= 4 is 11.3 Å². The third-order valence-corrected chi connectivity index (χ3v) is 3.67. The van der Waals surface area contributed by atoms with Crippen LogP contribution in [0.15, 0.2) is 24.3 Å². The maximum Gasteiger partial charge on any atom is 0.128 e. The molecular weight excluding hydrogens is 234 g/mol. The number of aliphatic hydroxyl groups excluding tert-OH is 1. The summed E-state index contributed by atoms with van der Waals surface area (Å²) in [6.45, 7) is 3.73. The van der Waals surface area contributed by atoms with Gasteiger partial charge in [-0.1, -0.05) is 12.1 Å². The molecule has 0 aliphatic heterocycles. The number of aryl methyl sites for hydroxylation is 1. The molecule has 0 aliphatic rings. The van der Waals surface area contributed by atoms with Crippen LogP contribution in [0.25, 0.3) is 11.3 Å². The number of hydrogen-bond acceptors (Lipinski definition) is 4. The number of thiazole rings is 1. The molecule has 0 saturated heterocycles. The van der Waals surface area contributed by atoms with Gasteiger partial charge >= 0.3 is 0 Å².